The molecule has 0 aromatic heterocycles. The second kappa shape index (κ2) is 5.62. The summed E-state index contributed by atoms with van der Waals surface area (Å²) in [6.45, 7) is -0.456. The molecule has 0 bridgehead atoms. The highest BCUT2D eigenvalue weighted by Crippen LogP contribution is 2.30. The molecule has 0 radical (unpaired) electrons. The van der Waals surface area contributed by atoms with Crippen molar-refractivity contribution in [3.63, 3.8) is 0 Å². The maximum absolute atomic E-state index is 12.2. The first-order chi connectivity index (χ1) is 10.5. The van der Waals surface area contributed by atoms with Crippen molar-refractivity contribution in [3.8, 4) is 0 Å². The van der Waals surface area contributed by atoms with Crippen LogP contribution in [0.2, 0.25) is 0 Å². The highest BCUT2D eigenvalue weighted by molar-refractivity contribution is 6.30. The lowest BCUT2D eigenvalue weighted by Gasteiger charge is -2.10. The first kappa shape index (κ1) is 14.9. The molecule has 4 N–H and O–H groups in total. The van der Waals surface area contributed by atoms with Crippen molar-refractivity contribution in [2.75, 3.05) is 6.61 Å². The minimum Gasteiger partial charge on any atom is -0.506 e. The third kappa shape index (κ3) is 2.24. The molecule has 1 aliphatic carbocycles. The number of fused-ring (bicyclic) bond motifs is 1. The van der Waals surface area contributed by atoms with Gasteiger partial charge in [0.15, 0.2) is 12.0 Å². The van der Waals surface area contributed by atoms with Gasteiger partial charge in [-0.15, -0.1) is 0 Å². The van der Waals surface area contributed by atoms with Crippen LogP contribution in [0.3, 0.4) is 0 Å². The van der Waals surface area contributed by atoms with E-state index in [4.69, 9.17) is 9.84 Å². The Morgan fingerprint density at radius 1 is 1.18 bits per heavy atom. The normalized spacial score (nSPS) is 31.3. The second-order valence-electron chi connectivity index (χ2n) is 5.14. The Labute approximate surface area is 125 Å². The van der Waals surface area contributed by atoms with Crippen LogP contribution in [0.1, 0.15) is 15.9 Å². The first-order valence-corrected chi connectivity index (χ1v) is 6.77. The molecule has 4 atom stereocenters. The predicted molar refractivity (Wildman–Crippen MR) is 76.6 cm³/mol. The lowest BCUT2D eigenvalue weighted by atomic mass is 10.1. The number of ketones is 1. The van der Waals surface area contributed by atoms with E-state index in [1.54, 1.807) is 24.3 Å². The van der Waals surface area contributed by atoms with Gasteiger partial charge in [0.25, 0.3) is 0 Å². The Balaban J connectivity index is 1.83. The van der Waals surface area contributed by atoms with E-state index < -0.39 is 31.1 Å². The highest BCUT2D eigenvalue weighted by Gasteiger charge is 2.42. The molecule has 2 aliphatic rings. The van der Waals surface area contributed by atoms with Gasteiger partial charge in [-0.2, -0.15) is 0 Å². The molecule has 7 heteroatoms. The molecule has 22 heavy (non-hydrogen) atoms. The van der Waals surface area contributed by atoms with E-state index in [0.717, 1.165) is 6.21 Å². The minimum absolute atomic E-state index is 0.000983. The Bertz CT molecular complexity index is 668. The zero-order chi connectivity index (χ0) is 15.9. The number of hydrogen-bond acceptors (Lipinski definition) is 7. The number of aliphatic hydroxyl groups is 4. The van der Waals surface area contributed by atoms with Gasteiger partial charge >= 0.3 is 0 Å². The molecule has 1 aliphatic heterocycles. The Morgan fingerprint density at radius 3 is 2.45 bits per heavy atom. The predicted octanol–water partition coefficient (Wildman–Crippen LogP) is -0.338. The van der Waals surface area contributed by atoms with Crippen LogP contribution >= 0.6 is 0 Å². The molecule has 1 saturated heterocycles. The summed E-state index contributed by atoms with van der Waals surface area (Å²) in [5.41, 5.74) is 0.802. The zero-order valence-electron chi connectivity index (χ0n) is 11.5. The molecule has 1 fully saturated rings. The number of Topliss-reactive ketones (excluding diaryl/α,β-unsaturated/α-hetero) is 1. The molecule has 0 unspecified atom stereocenters. The van der Waals surface area contributed by atoms with Crippen molar-refractivity contribution in [1.82, 2.24) is 0 Å². The number of nitrogens with zero attached hydrogens (tertiary/aromatic N) is 1. The number of aliphatic hydroxyl groups excluding tert-OH is 4. The zero-order valence-corrected chi connectivity index (χ0v) is 11.5. The lowest BCUT2D eigenvalue weighted by molar-refractivity contribution is -0.0192. The molecule has 1 aromatic carbocycles. The molecular weight excluding hydrogens is 290 g/mol. The SMILES string of the molecule is O=C1C(/C=N/[C@@H]2O[C@H](CO)[C@@H](O)[C@H]2O)=C(O)c2ccccc21. The van der Waals surface area contributed by atoms with Gasteiger partial charge in [0.2, 0.25) is 0 Å². The standard InChI is InChI=1S/C15H15NO6/c17-6-10-13(20)14(21)15(22-10)16-5-9-11(18)7-3-1-2-4-8(7)12(9)19/h1-5,10,13-15,17-18,20-21H,6H2/b16-5+/t10-,13-,14-,15-/m1/s1. The summed E-state index contributed by atoms with van der Waals surface area (Å²) in [6, 6.07) is 6.61. The number of carbonyl (C=O) groups excluding carboxylic acids is 1. The van der Waals surface area contributed by atoms with Gasteiger partial charge in [-0.3, -0.25) is 9.79 Å². The number of benzene rings is 1. The number of aliphatic imine (C=N–C) groups is 1. The van der Waals surface area contributed by atoms with Crippen molar-refractivity contribution >= 4 is 17.8 Å². The number of rotatable bonds is 3. The van der Waals surface area contributed by atoms with Gasteiger partial charge in [-0.25, -0.2) is 0 Å². The summed E-state index contributed by atoms with van der Waals surface area (Å²) in [5, 5.41) is 38.5. The van der Waals surface area contributed by atoms with Crippen molar-refractivity contribution in [3.05, 3.63) is 41.0 Å². The molecule has 0 saturated carbocycles. The van der Waals surface area contributed by atoms with Crippen LogP contribution in [0.5, 0.6) is 0 Å². The summed E-state index contributed by atoms with van der Waals surface area (Å²) in [5.74, 6) is -0.556. The van der Waals surface area contributed by atoms with E-state index >= 15 is 0 Å². The van der Waals surface area contributed by atoms with Crippen LogP contribution in [0, 0.1) is 0 Å². The van der Waals surface area contributed by atoms with E-state index in [0.29, 0.717) is 11.1 Å². The van der Waals surface area contributed by atoms with Crippen molar-refractivity contribution in [1.29, 1.82) is 0 Å². The Kier molecular flexibility index (Phi) is 3.79. The molecule has 116 valence electrons. The molecular formula is C15H15NO6. The summed E-state index contributed by atoms with van der Waals surface area (Å²) in [4.78, 5) is 16.1. The van der Waals surface area contributed by atoms with E-state index in [9.17, 15) is 20.1 Å². The number of allylic oxidation sites excluding steroid dienone is 1. The fourth-order valence-electron chi connectivity index (χ4n) is 2.56. The second-order valence-corrected chi connectivity index (χ2v) is 5.14. The fraction of sp³-hybridized carbons (Fsp3) is 0.333. The molecule has 0 spiro atoms. The van der Waals surface area contributed by atoms with Gasteiger partial charge in [0, 0.05) is 17.3 Å². The smallest absolute Gasteiger partial charge is 0.199 e. The summed E-state index contributed by atoms with van der Waals surface area (Å²) < 4.78 is 5.18. The van der Waals surface area contributed by atoms with Crippen LogP contribution in [-0.2, 0) is 4.74 Å². The van der Waals surface area contributed by atoms with Crippen LogP contribution in [-0.4, -0.2) is 63.6 Å². The van der Waals surface area contributed by atoms with Gasteiger partial charge in [0.05, 0.1) is 12.2 Å². The average molecular weight is 305 g/mol. The van der Waals surface area contributed by atoms with Crippen molar-refractivity contribution < 1.29 is 30.0 Å². The molecule has 7 nitrogen and oxygen atoms in total. The van der Waals surface area contributed by atoms with E-state index in [1.807, 2.05) is 0 Å². The molecule has 3 rings (SSSR count). The quantitative estimate of drug-likeness (QED) is 0.567. The van der Waals surface area contributed by atoms with Crippen LogP contribution < -0.4 is 0 Å². The van der Waals surface area contributed by atoms with Crippen molar-refractivity contribution in [2.45, 2.75) is 24.5 Å². The van der Waals surface area contributed by atoms with Gasteiger partial charge in [-0.1, -0.05) is 24.3 Å². The minimum atomic E-state index is -1.31. The van der Waals surface area contributed by atoms with Crippen LogP contribution in [0.4, 0.5) is 0 Å². The summed E-state index contributed by atoms with van der Waals surface area (Å²) in [6.07, 6.45) is -3.49. The topological polar surface area (TPSA) is 120 Å². The number of carbonyl (C=O) groups is 1. The van der Waals surface area contributed by atoms with Gasteiger partial charge < -0.3 is 25.2 Å². The first-order valence-electron chi connectivity index (χ1n) is 6.77. The maximum atomic E-state index is 12.2. The lowest BCUT2D eigenvalue weighted by Crippen LogP contribution is -2.33. The van der Waals surface area contributed by atoms with Gasteiger partial charge in [-0.05, 0) is 0 Å². The largest absolute Gasteiger partial charge is 0.506 e. The van der Waals surface area contributed by atoms with E-state index in [2.05, 4.69) is 4.99 Å². The summed E-state index contributed by atoms with van der Waals surface area (Å²) >= 11 is 0. The maximum Gasteiger partial charge on any atom is 0.199 e. The number of ether oxygens (including phenoxy) is 1. The highest BCUT2D eigenvalue weighted by atomic mass is 16.6. The third-order valence-electron chi connectivity index (χ3n) is 3.79. The van der Waals surface area contributed by atoms with E-state index in [-0.39, 0.29) is 17.1 Å². The average Bonchev–Trinajstić information content (AvgIpc) is 2.95. The summed E-state index contributed by atoms with van der Waals surface area (Å²) in [7, 11) is 0. The van der Waals surface area contributed by atoms with Gasteiger partial charge in [0.1, 0.15) is 24.1 Å². The van der Waals surface area contributed by atoms with E-state index in [1.165, 1.54) is 0 Å². The van der Waals surface area contributed by atoms with Crippen LogP contribution in [0.25, 0.3) is 5.76 Å². The van der Waals surface area contributed by atoms with Crippen molar-refractivity contribution in [2.24, 2.45) is 4.99 Å². The molecule has 1 aromatic rings. The Hall–Kier alpha value is -2.06. The third-order valence-corrected chi connectivity index (χ3v) is 3.79. The molecule has 0 amide bonds. The molecule has 1 heterocycles. The Morgan fingerprint density at radius 2 is 1.86 bits per heavy atom. The monoisotopic (exact) mass is 305 g/mol. The van der Waals surface area contributed by atoms with Crippen LogP contribution in [0.15, 0.2) is 34.8 Å². The fourth-order valence-corrected chi connectivity index (χ4v) is 2.56. The number of hydrogen-bond donors (Lipinski definition) is 4.